The topological polar surface area (TPSA) is 114 Å². The van der Waals surface area contributed by atoms with Crippen LogP contribution in [0.4, 0.5) is 0 Å². The molecule has 2 atom stereocenters. The molecule has 2 unspecified atom stereocenters. The zero-order chi connectivity index (χ0) is 14.9. The van der Waals surface area contributed by atoms with Gasteiger partial charge in [-0.3, -0.25) is 11.5 Å². The van der Waals surface area contributed by atoms with Crippen LogP contribution >= 0.6 is 0 Å². The van der Waals surface area contributed by atoms with E-state index in [4.69, 9.17) is 17.2 Å². The molecule has 1 aliphatic rings. The van der Waals surface area contributed by atoms with Crippen LogP contribution in [0.1, 0.15) is 11.1 Å². The second kappa shape index (κ2) is 4.85. The minimum Gasteiger partial charge on any atom is -0.370 e. The van der Waals surface area contributed by atoms with E-state index in [1.165, 1.54) is 0 Å². The molecule has 2 aromatic carbocycles. The van der Waals surface area contributed by atoms with Crippen LogP contribution in [0.25, 0.3) is 0 Å². The zero-order valence-electron chi connectivity index (χ0n) is 11.5. The molecule has 0 radical (unpaired) electrons. The van der Waals surface area contributed by atoms with E-state index >= 15 is 0 Å². The van der Waals surface area contributed by atoms with Crippen molar-refractivity contribution in [3.05, 3.63) is 71.8 Å². The number of benzene rings is 2. The van der Waals surface area contributed by atoms with Gasteiger partial charge in [0.1, 0.15) is 0 Å². The van der Waals surface area contributed by atoms with Gasteiger partial charge in [-0.05, 0) is 0 Å². The first-order valence-corrected chi connectivity index (χ1v) is 6.63. The van der Waals surface area contributed by atoms with Crippen LogP contribution in [0, 0.1) is 0 Å². The van der Waals surface area contributed by atoms with Gasteiger partial charge in [0.15, 0.2) is 17.5 Å². The van der Waals surface area contributed by atoms with Crippen molar-refractivity contribution >= 4 is 5.96 Å². The first kappa shape index (κ1) is 13.6. The Kier molecular flexibility index (Phi) is 3.13. The largest absolute Gasteiger partial charge is 0.370 e. The lowest BCUT2D eigenvalue weighted by molar-refractivity contribution is 0.180. The molecule has 0 aliphatic carbocycles. The molecule has 6 heteroatoms. The Labute approximate surface area is 123 Å². The first-order chi connectivity index (χ1) is 10.0. The Morgan fingerprint density at radius 3 is 1.90 bits per heavy atom. The molecule has 0 saturated carbocycles. The molecule has 3 rings (SSSR count). The molecule has 6 nitrogen and oxygen atoms in total. The van der Waals surface area contributed by atoms with Crippen molar-refractivity contribution in [2.75, 3.05) is 0 Å². The van der Waals surface area contributed by atoms with Crippen molar-refractivity contribution in [3.63, 3.8) is 0 Å². The molecule has 2 aromatic rings. The molecule has 0 fully saturated rings. The van der Waals surface area contributed by atoms with E-state index < -0.39 is 11.6 Å². The number of guanidine groups is 1. The number of hydrogen-bond acceptors (Lipinski definition) is 6. The molecule has 1 heterocycles. The van der Waals surface area contributed by atoms with Gasteiger partial charge in [0, 0.05) is 11.1 Å². The van der Waals surface area contributed by atoms with Crippen LogP contribution in [-0.4, -0.2) is 5.96 Å². The second-order valence-electron chi connectivity index (χ2n) is 5.05. The van der Waals surface area contributed by atoms with Crippen molar-refractivity contribution in [1.29, 1.82) is 0 Å². The highest BCUT2D eigenvalue weighted by atomic mass is 15.5. The van der Waals surface area contributed by atoms with Gasteiger partial charge in [-0.1, -0.05) is 60.7 Å². The molecular formula is C15H18N6. The molecule has 108 valence electrons. The second-order valence-corrected chi connectivity index (χ2v) is 5.05. The maximum atomic E-state index is 6.42. The highest BCUT2D eigenvalue weighted by Gasteiger charge is 2.42. The molecule has 1 aliphatic heterocycles. The highest BCUT2D eigenvalue weighted by molar-refractivity contribution is 5.80. The smallest absolute Gasteiger partial charge is 0.195 e. The van der Waals surface area contributed by atoms with Crippen molar-refractivity contribution in [2.24, 2.45) is 22.2 Å². The van der Waals surface area contributed by atoms with E-state index in [9.17, 15) is 0 Å². The Balaban J connectivity index is 2.04. The summed E-state index contributed by atoms with van der Waals surface area (Å²) in [6.07, 6.45) is 0. The fourth-order valence-corrected chi connectivity index (χ4v) is 2.45. The number of hydrogen-bond donors (Lipinski definition) is 5. The van der Waals surface area contributed by atoms with E-state index in [2.05, 4.69) is 15.6 Å². The van der Waals surface area contributed by atoms with Gasteiger partial charge in [-0.15, -0.1) is 0 Å². The molecule has 0 amide bonds. The summed E-state index contributed by atoms with van der Waals surface area (Å²) in [5.41, 5.74) is 20.3. The van der Waals surface area contributed by atoms with Gasteiger partial charge in [0.2, 0.25) is 0 Å². The predicted molar refractivity (Wildman–Crippen MR) is 82.5 cm³/mol. The lowest BCUT2D eigenvalue weighted by atomic mass is 10.0. The maximum Gasteiger partial charge on any atom is 0.195 e. The number of rotatable bonds is 2. The van der Waals surface area contributed by atoms with Crippen LogP contribution < -0.4 is 27.8 Å². The van der Waals surface area contributed by atoms with Gasteiger partial charge < -0.3 is 11.1 Å². The van der Waals surface area contributed by atoms with Crippen molar-refractivity contribution in [2.45, 2.75) is 11.6 Å². The molecule has 0 aromatic heterocycles. The maximum absolute atomic E-state index is 6.42. The van der Waals surface area contributed by atoms with Gasteiger partial charge >= 0.3 is 0 Å². The third kappa shape index (κ3) is 2.47. The number of aliphatic imine (C=N–C) groups is 1. The van der Waals surface area contributed by atoms with Gasteiger partial charge in [0.05, 0.1) is 0 Å². The molecule has 0 bridgehead atoms. The minimum atomic E-state index is -1.19. The highest BCUT2D eigenvalue weighted by Crippen LogP contribution is 2.25. The summed E-state index contributed by atoms with van der Waals surface area (Å²) in [6.45, 7) is 0. The van der Waals surface area contributed by atoms with Crippen LogP contribution in [0.5, 0.6) is 0 Å². The third-order valence-corrected chi connectivity index (χ3v) is 3.45. The summed E-state index contributed by atoms with van der Waals surface area (Å²) in [5, 5.41) is 6.09. The first-order valence-electron chi connectivity index (χ1n) is 6.63. The average molecular weight is 282 g/mol. The van der Waals surface area contributed by atoms with Crippen molar-refractivity contribution in [1.82, 2.24) is 10.6 Å². The SMILES string of the molecule is NC1=NC(N)(c2ccccc2)NC(N)(c2ccccc2)N1. The van der Waals surface area contributed by atoms with E-state index in [-0.39, 0.29) is 5.96 Å². The average Bonchev–Trinajstić information content (AvgIpc) is 2.48. The number of nitrogens with one attached hydrogen (secondary N) is 2. The lowest BCUT2D eigenvalue weighted by Crippen LogP contribution is -2.74. The quantitative estimate of drug-likeness (QED) is 0.533. The van der Waals surface area contributed by atoms with Crippen LogP contribution in [-0.2, 0) is 11.6 Å². The fraction of sp³-hybridized carbons (Fsp3) is 0.133. The Morgan fingerprint density at radius 2 is 1.33 bits per heavy atom. The molecule has 21 heavy (non-hydrogen) atoms. The summed E-state index contributed by atoms with van der Waals surface area (Å²) in [5.74, 6) is -2.11. The molecule has 0 spiro atoms. The van der Waals surface area contributed by atoms with Crippen LogP contribution in [0.2, 0.25) is 0 Å². The van der Waals surface area contributed by atoms with Crippen LogP contribution in [0.15, 0.2) is 65.7 Å². The van der Waals surface area contributed by atoms with E-state index in [0.717, 1.165) is 11.1 Å². The predicted octanol–water partition coefficient (Wildman–Crippen LogP) is 0.0323. The summed E-state index contributed by atoms with van der Waals surface area (Å²) in [7, 11) is 0. The van der Waals surface area contributed by atoms with Crippen LogP contribution in [0.3, 0.4) is 0 Å². The van der Waals surface area contributed by atoms with Gasteiger partial charge in [-0.25, -0.2) is 10.3 Å². The molecule has 0 saturated heterocycles. The number of nitrogens with two attached hydrogens (primary N) is 3. The Hall–Kier alpha value is -2.41. The Morgan fingerprint density at radius 1 is 0.810 bits per heavy atom. The third-order valence-electron chi connectivity index (χ3n) is 3.45. The van der Waals surface area contributed by atoms with Gasteiger partial charge in [-0.2, -0.15) is 0 Å². The lowest BCUT2D eigenvalue weighted by Gasteiger charge is -2.43. The van der Waals surface area contributed by atoms with Crippen molar-refractivity contribution in [3.8, 4) is 0 Å². The summed E-state index contributed by atoms with van der Waals surface area (Å²) in [4.78, 5) is 4.28. The number of nitrogens with zero attached hydrogens (tertiary/aromatic N) is 1. The molecular weight excluding hydrogens is 264 g/mol. The summed E-state index contributed by atoms with van der Waals surface area (Å²) >= 11 is 0. The molecule has 8 N–H and O–H groups in total. The normalized spacial score (nSPS) is 28.6. The monoisotopic (exact) mass is 282 g/mol. The van der Waals surface area contributed by atoms with Crippen molar-refractivity contribution < 1.29 is 0 Å². The zero-order valence-corrected chi connectivity index (χ0v) is 11.5. The minimum absolute atomic E-state index is 0.187. The van der Waals surface area contributed by atoms with Gasteiger partial charge in [0.25, 0.3) is 0 Å². The summed E-state index contributed by atoms with van der Waals surface area (Å²) < 4.78 is 0. The standard InChI is InChI=1S/C15H18N6/c16-13-19-14(17,11-7-3-1-4-8-11)21-15(18,20-13)12-9-5-2-6-10-12/h1-10,21H,17-18H2,(H3,16,19,20). The van der Waals surface area contributed by atoms with E-state index in [0.29, 0.717) is 0 Å². The Bertz CT molecular complexity index is 656. The summed E-state index contributed by atoms with van der Waals surface area (Å²) in [6, 6.07) is 18.9. The van der Waals surface area contributed by atoms with E-state index in [1.54, 1.807) is 0 Å². The fourth-order valence-electron chi connectivity index (χ4n) is 2.45. The van der Waals surface area contributed by atoms with E-state index in [1.807, 2.05) is 60.7 Å².